The molecule has 0 radical (unpaired) electrons. The maximum Gasteiger partial charge on any atom is 0.0575 e. The van der Waals surface area contributed by atoms with Crippen LogP contribution in [0.25, 0.3) is 0 Å². The van der Waals surface area contributed by atoms with Crippen LogP contribution >= 0.6 is 0 Å². The summed E-state index contributed by atoms with van der Waals surface area (Å²) in [6, 6.07) is 8.85. The number of rotatable bonds is 1. The Balaban J connectivity index is 1.84. The van der Waals surface area contributed by atoms with Crippen LogP contribution in [0.1, 0.15) is 30.0 Å². The van der Waals surface area contributed by atoms with Gasteiger partial charge < -0.3 is 10.6 Å². The van der Waals surface area contributed by atoms with Crippen molar-refractivity contribution in [1.82, 2.24) is 5.06 Å². The zero-order chi connectivity index (χ0) is 11.9. The molecule has 0 bridgehead atoms. The Morgan fingerprint density at radius 1 is 1.29 bits per heavy atom. The predicted octanol–water partition coefficient (Wildman–Crippen LogP) is 1.89. The second kappa shape index (κ2) is 4.09. The second-order valence-corrected chi connectivity index (χ2v) is 5.33. The lowest BCUT2D eigenvalue weighted by atomic mass is 9.73. The highest BCUT2D eigenvalue weighted by molar-refractivity contribution is 5.38. The molecular formula is C14H20N2O. The molecule has 1 aliphatic heterocycles. The van der Waals surface area contributed by atoms with Gasteiger partial charge in [-0.2, -0.15) is 5.06 Å². The molecule has 92 valence electrons. The molecule has 1 unspecified atom stereocenters. The summed E-state index contributed by atoms with van der Waals surface area (Å²) in [6.45, 7) is 2.00. The van der Waals surface area contributed by atoms with Crippen molar-refractivity contribution in [2.24, 2.45) is 11.1 Å². The number of piperidine rings is 1. The topological polar surface area (TPSA) is 38.5 Å². The first kappa shape index (κ1) is 11.2. The van der Waals surface area contributed by atoms with Crippen LogP contribution in [0.5, 0.6) is 0 Å². The maximum atomic E-state index is 6.48. The molecule has 3 heteroatoms. The van der Waals surface area contributed by atoms with E-state index in [1.807, 2.05) is 5.06 Å². The number of hydroxylamine groups is 2. The lowest BCUT2D eigenvalue weighted by Crippen LogP contribution is -2.43. The third-order valence-corrected chi connectivity index (χ3v) is 4.57. The van der Waals surface area contributed by atoms with Gasteiger partial charge in [0.25, 0.3) is 0 Å². The van der Waals surface area contributed by atoms with Gasteiger partial charge in [0.1, 0.15) is 0 Å². The van der Waals surface area contributed by atoms with Crippen molar-refractivity contribution in [3.05, 3.63) is 35.4 Å². The highest BCUT2D eigenvalue weighted by Gasteiger charge is 2.45. The summed E-state index contributed by atoms with van der Waals surface area (Å²) in [6.07, 6.45) is 3.41. The van der Waals surface area contributed by atoms with Gasteiger partial charge in [-0.25, -0.2) is 0 Å². The van der Waals surface area contributed by atoms with Crippen molar-refractivity contribution in [2.75, 3.05) is 20.2 Å². The summed E-state index contributed by atoms with van der Waals surface area (Å²) >= 11 is 0. The summed E-state index contributed by atoms with van der Waals surface area (Å²) in [4.78, 5) is 5.30. The number of hydrogen-bond donors (Lipinski definition) is 1. The molecule has 1 aromatic carbocycles. The monoisotopic (exact) mass is 232 g/mol. The van der Waals surface area contributed by atoms with Crippen LogP contribution in [-0.2, 0) is 11.3 Å². The lowest BCUT2D eigenvalue weighted by molar-refractivity contribution is -0.160. The molecule has 1 atom stereocenters. The Bertz CT molecular complexity index is 410. The fourth-order valence-corrected chi connectivity index (χ4v) is 3.42. The van der Waals surface area contributed by atoms with E-state index < -0.39 is 0 Å². The molecule has 0 saturated carbocycles. The average molecular weight is 232 g/mol. The molecule has 2 N–H and O–H groups in total. The van der Waals surface area contributed by atoms with Crippen LogP contribution in [-0.4, -0.2) is 25.3 Å². The Hall–Kier alpha value is -0.900. The Morgan fingerprint density at radius 2 is 2.00 bits per heavy atom. The van der Waals surface area contributed by atoms with E-state index in [0.29, 0.717) is 0 Å². The quantitative estimate of drug-likeness (QED) is 0.803. The van der Waals surface area contributed by atoms with Gasteiger partial charge in [0.2, 0.25) is 0 Å². The molecule has 1 spiro atoms. The zero-order valence-electron chi connectivity index (χ0n) is 10.4. The number of nitrogens with two attached hydrogens (primary N) is 1. The molecule has 2 aliphatic rings. The van der Waals surface area contributed by atoms with Crippen LogP contribution < -0.4 is 5.73 Å². The Morgan fingerprint density at radius 3 is 2.65 bits per heavy atom. The van der Waals surface area contributed by atoms with Crippen molar-refractivity contribution in [3.8, 4) is 0 Å². The predicted molar refractivity (Wildman–Crippen MR) is 67.3 cm³/mol. The molecule has 1 fully saturated rings. The van der Waals surface area contributed by atoms with Crippen molar-refractivity contribution in [3.63, 3.8) is 0 Å². The van der Waals surface area contributed by atoms with Gasteiger partial charge in [0.15, 0.2) is 0 Å². The fourth-order valence-electron chi connectivity index (χ4n) is 3.42. The molecule has 1 aromatic rings. The number of benzene rings is 1. The zero-order valence-corrected chi connectivity index (χ0v) is 10.4. The largest absolute Gasteiger partial charge is 0.323 e. The van der Waals surface area contributed by atoms with E-state index in [1.165, 1.54) is 11.1 Å². The van der Waals surface area contributed by atoms with E-state index in [-0.39, 0.29) is 11.5 Å². The fraction of sp³-hybridized carbons (Fsp3) is 0.571. The van der Waals surface area contributed by atoms with E-state index in [2.05, 4.69) is 24.3 Å². The minimum absolute atomic E-state index is 0.206. The highest BCUT2D eigenvalue weighted by Crippen LogP contribution is 2.50. The smallest absolute Gasteiger partial charge is 0.0575 e. The second-order valence-electron chi connectivity index (χ2n) is 5.33. The first-order valence-electron chi connectivity index (χ1n) is 6.38. The number of nitrogens with zero attached hydrogens (tertiary/aromatic N) is 1. The van der Waals surface area contributed by atoms with Gasteiger partial charge in [-0.1, -0.05) is 24.3 Å². The van der Waals surface area contributed by atoms with Gasteiger partial charge in [-0.3, -0.25) is 0 Å². The molecule has 1 heterocycles. The summed E-state index contributed by atoms with van der Waals surface area (Å²) in [7, 11) is 1.75. The van der Waals surface area contributed by atoms with E-state index in [1.54, 1.807) is 7.11 Å². The van der Waals surface area contributed by atoms with E-state index in [0.717, 1.165) is 32.4 Å². The van der Waals surface area contributed by atoms with Crippen LogP contribution in [0.3, 0.4) is 0 Å². The number of hydrogen-bond acceptors (Lipinski definition) is 3. The minimum Gasteiger partial charge on any atom is -0.323 e. The maximum absolute atomic E-state index is 6.48. The molecule has 1 aliphatic carbocycles. The van der Waals surface area contributed by atoms with Crippen molar-refractivity contribution in [1.29, 1.82) is 0 Å². The lowest BCUT2D eigenvalue weighted by Gasteiger charge is -2.41. The normalized spacial score (nSPS) is 27.3. The van der Waals surface area contributed by atoms with Crippen LogP contribution in [0.4, 0.5) is 0 Å². The van der Waals surface area contributed by atoms with Gasteiger partial charge in [-0.15, -0.1) is 0 Å². The molecule has 3 rings (SSSR count). The van der Waals surface area contributed by atoms with Gasteiger partial charge in [0.05, 0.1) is 7.11 Å². The van der Waals surface area contributed by atoms with Gasteiger partial charge in [0, 0.05) is 19.1 Å². The molecule has 3 nitrogen and oxygen atoms in total. The van der Waals surface area contributed by atoms with Crippen molar-refractivity contribution >= 4 is 0 Å². The third kappa shape index (κ3) is 1.69. The van der Waals surface area contributed by atoms with Crippen LogP contribution in [0.15, 0.2) is 24.3 Å². The third-order valence-electron chi connectivity index (χ3n) is 4.57. The van der Waals surface area contributed by atoms with Gasteiger partial charge in [-0.05, 0) is 35.8 Å². The highest BCUT2D eigenvalue weighted by atomic mass is 16.7. The first-order chi connectivity index (χ1) is 8.25. The van der Waals surface area contributed by atoms with E-state index in [9.17, 15) is 0 Å². The van der Waals surface area contributed by atoms with E-state index >= 15 is 0 Å². The molecule has 0 amide bonds. The summed E-state index contributed by atoms with van der Waals surface area (Å²) in [5.41, 5.74) is 9.57. The van der Waals surface area contributed by atoms with Crippen molar-refractivity contribution in [2.45, 2.75) is 25.3 Å². The SMILES string of the molecule is CON1CCC2(CC1)Cc1ccccc1C2N. The Labute approximate surface area is 103 Å². The summed E-state index contributed by atoms with van der Waals surface area (Å²) in [5.74, 6) is 0. The average Bonchev–Trinajstić information content (AvgIpc) is 2.65. The number of fused-ring (bicyclic) bond motifs is 1. The Kier molecular flexibility index (Phi) is 2.69. The minimum atomic E-state index is 0.206. The standard InChI is InChI=1S/C14H20N2O/c1-17-16-8-6-14(7-9-16)10-11-4-2-3-5-12(11)13(14)15/h2-5,13H,6-10,15H2,1H3. The molecule has 17 heavy (non-hydrogen) atoms. The molecular weight excluding hydrogens is 212 g/mol. The van der Waals surface area contributed by atoms with Crippen molar-refractivity contribution < 1.29 is 4.84 Å². The summed E-state index contributed by atoms with van der Waals surface area (Å²) in [5, 5.41) is 2.04. The molecule has 1 saturated heterocycles. The summed E-state index contributed by atoms with van der Waals surface area (Å²) < 4.78 is 0. The first-order valence-corrected chi connectivity index (χ1v) is 6.38. The molecule has 0 aromatic heterocycles. The van der Waals surface area contributed by atoms with E-state index in [4.69, 9.17) is 10.6 Å². The van der Waals surface area contributed by atoms with Crippen LogP contribution in [0.2, 0.25) is 0 Å². The van der Waals surface area contributed by atoms with Crippen LogP contribution in [0, 0.1) is 5.41 Å². The van der Waals surface area contributed by atoms with Gasteiger partial charge >= 0.3 is 0 Å².